The highest BCUT2D eigenvalue weighted by Crippen LogP contribution is 2.35. The Morgan fingerprint density at radius 1 is 1.16 bits per heavy atom. The predicted octanol–water partition coefficient (Wildman–Crippen LogP) is 3.54. The lowest BCUT2D eigenvalue weighted by Gasteiger charge is -2.40. The van der Waals surface area contributed by atoms with E-state index < -0.39 is 5.54 Å². The molecule has 1 aliphatic heterocycles. The van der Waals surface area contributed by atoms with E-state index in [9.17, 15) is 9.59 Å². The zero-order chi connectivity index (χ0) is 23.3. The average molecular weight is 461 g/mol. The molecule has 2 amide bonds. The zero-order valence-corrected chi connectivity index (χ0v) is 20.2. The van der Waals surface area contributed by atoms with Crippen LogP contribution in [0, 0.1) is 0 Å². The molecule has 0 N–H and O–H groups in total. The van der Waals surface area contributed by atoms with Crippen LogP contribution in [0.15, 0.2) is 35.7 Å². The number of nitrogens with zero attached hydrogens (tertiary/aromatic N) is 2. The minimum Gasteiger partial charge on any atom is -0.493 e. The lowest BCUT2D eigenvalue weighted by Crippen LogP contribution is -2.53. The van der Waals surface area contributed by atoms with Crippen LogP contribution in [-0.4, -0.2) is 67.7 Å². The number of fused-ring (bicyclic) bond motifs is 1. The molecule has 0 saturated carbocycles. The van der Waals surface area contributed by atoms with Crippen LogP contribution in [0.5, 0.6) is 11.5 Å². The molecule has 7 nitrogen and oxygen atoms in total. The van der Waals surface area contributed by atoms with Gasteiger partial charge in [-0.3, -0.25) is 9.59 Å². The first-order chi connectivity index (χ1) is 15.3. The van der Waals surface area contributed by atoms with Crippen LogP contribution in [-0.2, 0) is 20.7 Å². The summed E-state index contributed by atoms with van der Waals surface area (Å²) in [5.74, 6) is 0.977. The van der Waals surface area contributed by atoms with Crippen molar-refractivity contribution in [1.82, 2.24) is 9.80 Å². The molecule has 1 atom stereocenters. The maximum Gasteiger partial charge on any atom is 0.249 e. The summed E-state index contributed by atoms with van der Waals surface area (Å²) in [5.41, 5.74) is 0.605. The number of benzene rings is 1. The van der Waals surface area contributed by atoms with Crippen molar-refractivity contribution in [3.63, 3.8) is 0 Å². The van der Waals surface area contributed by atoms with Crippen LogP contribution in [0.1, 0.15) is 37.3 Å². The summed E-state index contributed by atoms with van der Waals surface area (Å²) in [5, 5.41) is 2.05. The van der Waals surface area contributed by atoms with E-state index in [1.54, 1.807) is 23.3 Å². The molecule has 1 aromatic carbocycles. The van der Waals surface area contributed by atoms with Gasteiger partial charge in [-0.05, 0) is 56.3 Å². The van der Waals surface area contributed by atoms with E-state index in [0.29, 0.717) is 24.7 Å². The van der Waals surface area contributed by atoms with Crippen LogP contribution >= 0.6 is 11.3 Å². The Morgan fingerprint density at radius 2 is 1.88 bits per heavy atom. The Bertz CT molecular complexity index is 936. The van der Waals surface area contributed by atoms with Gasteiger partial charge in [0.2, 0.25) is 11.8 Å². The van der Waals surface area contributed by atoms with E-state index in [1.165, 1.54) is 12.0 Å². The van der Waals surface area contributed by atoms with Gasteiger partial charge in [0.15, 0.2) is 11.5 Å². The topological polar surface area (TPSA) is 68.3 Å². The number of methoxy groups -OCH3 is 2. The van der Waals surface area contributed by atoms with Crippen molar-refractivity contribution in [3.05, 3.63) is 46.2 Å². The summed E-state index contributed by atoms with van der Waals surface area (Å²) >= 11 is 1.70. The number of hydrogen-bond donors (Lipinski definition) is 0. The number of amides is 2. The van der Waals surface area contributed by atoms with Crippen LogP contribution in [0.3, 0.4) is 0 Å². The second-order valence-electron chi connectivity index (χ2n) is 8.70. The summed E-state index contributed by atoms with van der Waals surface area (Å²) in [7, 11) is 3.09. The third-order valence-electron chi connectivity index (χ3n) is 5.55. The van der Waals surface area contributed by atoms with E-state index in [1.807, 2.05) is 49.9 Å². The number of hydrogen-bond acceptors (Lipinski definition) is 6. The summed E-state index contributed by atoms with van der Waals surface area (Å²) in [6, 6.07) is 9.30. The van der Waals surface area contributed by atoms with Crippen molar-refractivity contribution in [1.29, 1.82) is 0 Å². The molecule has 0 fully saturated rings. The van der Waals surface area contributed by atoms with Crippen LogP contribution in [0.2, 0.25) is 0 Å². The molecule has 0 spiro atoms. The molecule has 174 valence electrons. The van der Waals surface area contributed by atoms with Gasteiger partial charge in [0.1, 0.15) is 19.8 Å². The van der Waals surface area contributed by atoms with Crippen LogP contribution < -0.4 is 9.47 Å². The van der Waals surface area contributed by atoms with E-state index >= 15 is 0 Å². The molecule has 2 aromatic rings. The Labute approximate surface area is 193 Å². The molecule has 0 aliphatic carbocycles. The highest BCUT2D eigenvalue weighted by Gasteiger charge is 2.36. The van der Waals surface area contributed by atoms with Gasteiger partial charge < -0.3 is 24.0 Å². The van der Waals surface area contributed by atoms with Gasteiger partial charge in [0, 0.05) is 24.1 Å². The van der Waals surface area contributed by atoms with E-state index in [0.717, 1.165) is 12.0 Å². The molecule has 0 saturated heterocycles. The van der Waals surface area contributed by atoms with Crippen molar-refractivity contribution < 1.29 is 23.8 Å². The quantitative estimate of drug-likeness (QED) is 0.603. The largest absolute Gasteiger partial charge is 0.493 e. The van der Waals surface area contributed by atoms with Gasteiger partial charge in [-0.15, -0.1) is 11.3 Å². The number of para-hydroxylation sites is 2. The average Bonchev–Trinajstić information content (AvgIpc) is 3.24. The second kappa shape index (κ2) is 10.4. The second-order valence-corrected chi connectivity index (χ2v) is 9.70. The molecule has 1 aliphatic rings. The molecule has 32 heavy (non-hydrogen) atoms. The number of ether oxygens (including phenoxy) is 3. The van der Waals surface area contributed by atoms with Crippen molar-refractivity contribution >= 4 is 23.2 Å². The fraction of sp³-hybridized carbons (Fsp3) is 0.500. The first-order valence-electron chi connectivity index (χ1n) is 10.7. The molecule has 0 bridgehead atoms. The standard InChI is InChI=1S/C24H32N2O5S/c1-24(2,3)26(23(28)16-29-4)14-22(27)25-12-10-21-17(11-13-32-21)18(25)15-31-20-9-7-6-8-19(20)30-5/h6-9,11,13,18H,10,12,14-16H2,1-5H3/t18-/m0/s1. The normalized spacial score (nSPS) is 15.8. The molecule has 2 heterocycles. The Balaban J connectivity index is 1.81. The SMILES string of the molecule is COCC(=O)N(CC(=O)N1CCc2sccc2[C@@H]1COc1ccccc1OC)C(C)(C)C. The molecular formula is C24H32N2O5S. The molecular weight excluding hydrogens is 428 g/mol. The summed E-state index contributed by atoms with van der Waals surface area (Å²) < 4.78 is 16.5. The monoisotopic (exact) mass is 460 g/mol. The lowest BCUT2D eigenvalue weighted by atomic mass is 10.00. The number of carbonyl (C=O) groups excluding carboxylic acids is 2. The lowest BCUT2D eigenvalue weighted by molar-refractivity contribution is -0.148. The minimum absolute atomic E-state index is 0.00365. The molecule has 0 unspecified atom stereocenters. The number of carbonyl (C=O) groups is 2. The zero-order valence-electron chi connectivity index (χ0n) is 19.4. The Morgan fingerprint density at radius 3 is 2.53 bits per heavy atom. The first-order valence-corrected chi connectivity index (χ1v) is 11.5. The third-order valence-corrected chi connectivity index (χ3v) is 6.55. The maximum atomic E-state index is 13.5. The fourth-order valence-corrected chi connectivity index (χ4v) is 4.84. The Kier molecular flexibility index (Phi) is 7.79. The number of thiophene rings is 1. The maximum absolute atomic E-state index is 13.5. The van der Waals surface area contributed by atoms with Crippen molar-refractivity contribution in [2.24, 2.45) is 0 Å². The first kappa shape index (κ1) is 24.1. The van der Waals surface area contributed by atoms with Gasteiger partial charge in [-0.1, -0.05) is 12.1 Å². The summed E-state index contributed by atoms with van der Waals surface area (Å²) in [6.07, 6.45) is 0.797. The van der Waals surface area contributed by atoms with Crippen LogP contribution in [0.25, 0.3) is 0 Å². The van der Waals surface area contributed by atoms with Gasteiger partial charge in [0.25, 0.3) is 0 Å². The summed E-state index contributed by atoms with van der Waals surface area (Å²) in [6.45, 7) is 6.59. The van der Waals surface area contributed by atoms with Crippen molar-refractivity contribution in [3.8, 4) is 11.5 Å². The highest BCUT2D eigenvalue weighted by atomic mass is 32.1. The van der Waals surface area contributed by atoms with Gasteiger partial charge >= 0.3 is 0 Å². The van der Waals surface area contributed by atoms with Gasteiger partial charge in [-0.25, -0.2) is 0 Å². The molecule has 8 heteroatoms. The molecule has 0 radical (unpaired) electrons. The highest BCUT2D eigenvalue weighted by molar-refractivity contribution is 7.10. The van der Waals surface area contributed by atoms with E-state index in [4.69, 9.17) is 14.2 Å². The van der Waals surface area contributed by atoms with Crippen molar-refractivity contribution in [2.45, 2.75) is 38.8 Å². The molecule has 3 rings (SSSR count). The molecule has 1 aromatic heterocycles. The predicted molar refractivity (Wildman–Crippen MR) is 124 cm³/mol. The van der Waals surface area contributed by atoms with E-state index in [2.05, 4.69) is 11.4 Å². The van der Waals surface area contributed by atoms with Crippen molar-refractivity contribution in [2.75, 3.05) is 40.5 Å². The third kappa shape index (κ3) is 5.42. The minimum atomic E-state index is -0.502. The van der Waals surface area contributed by atoms with Gasteiger partial charge in [0.05, 0.1) is 13.2 Å². The van der Waals surface area contributed by atoms with E-state index in [-0.39, 0.29) is 31.0 Å². The fourth-order valence-electron chi connectivity index (χ4n) is 3.91. The van der Waals surface area contributed by atoms with Gasteiger partial charge in [-0.2, -0.15) is 0 Å². The van der Waals surface area contributed by atoms with Crippen LogP contribution in [0.4, 0.5) is 0 Å². The Hall–Kier alpha value is -2.58. The smallest absolute Gasteiger partial charge is 0.249 e. The summed E-state index contributed by atoms with van der Waals surface area (Å²) in [4.78, 5) is 30.8. The number of rotatable bonds is 8.